The van der Waals surface area contributed by atoms with E-state index in [0.29, 0.717) is 12.5 Å². The van der Waals surface area contributed by atoms with Crippen molar-refractivity contribution in [3.05, 3.63) is 17.5 Å². The van der Waals surface area contributed by atoms with Crippen LogP contribution < -0.4 is 11.1 Å². The topological polar surface area (TPSA) is 80.7 Å². The molecule has 1 aromatic heterocycles. The Kier molecular flexibility index (Phi) is 8.72. The highest BCUT2D eigenvalue weighted by Gasteiger charge is 2.09. The second kappa shape index (κ2) is 10.0. The van der Waals surface area contributed by atoms with Crippen LogP contribution in [-0.2, 0) is 18.3 Å². The summed E-state index contributed by atoms with van der Waals surface area (Å²) >= 11 is 0. The van der Waals surface area contributed by atoms with Gasteiger partial charge in [-0.3, -0.25) is 9.58 Å². The number of ether oxygens (including phenoxy) is 1. The number of aliphatic imine (C=N–C) groups is 1. The Morgan fingerprint density at radius 2 is 2.18 bits per heavy atom. The van der Waals surface area contributed by atoms with E-state index in [1.807, 2.05) is 24.9 Å². The molecule has 0 aromatic carbocycles. The lowest BCUT2D eigenvalue weighted by atomic mass is 10.3. The van der Waals surface area contributed by atoms with Crippen LogP contribution in [0.3, 0.4) is 0 Å². The molecule has 0 unspecified atom stereocenters. The first-order chi connectivity index (χ1) is 10.2. The Balaban J connectivity index is 0.00000242. The van der Waals surface area contributed by atoms with E-state index in [2.05, 4.69) is 20.3 Å². The van der Waals surface area contributed by atoms with Gasteiger partial charge in [0.05, 0.1) is 26.0 Å². The molecule has 0 atom stereocenters. The molecule has 0 spiro atoms. The Morgan fingerprint density at radius 1 is 1.45 bits per heavy atom. The summed E-state index contributed by atoms with van der Waals surface area (Å²) < 4.78 is 7.17. The molecule has 0 bridgehead atoms. The maximum Gasteiger partial charge on any atom is 0.188 e. The lowest BCUT2D eigenvalue weighted by Crippen LogP contribution is -2.39. The molecule has 8 heteroatoms. The molecule has 1 aliphatic rings. The number of aromatic nitrogens is 2. The fraction of sp³-hybridized carbons (Fsp3) is 0.714. The van der Waals surface area contributed by atoms with E-state index < -0.39 is 0 Å². The summed E-state index contributed by atoms with van der Waals surface area (Å²) in [6.45, 7) is 8.28. The van der Waals surface area contributed by atoms with E-state index in [0.717, 1.165) is 57.1 Å². The minimum absolute atomic E-state index is 0. The summed E-state index contributed by atoms with van der Waals surface area (Å²) in [5.74, 6) is 0.500. The van der Waals surface area contributed by atoms with Crippen LogP contribution in [0.5, 0.6) is 0 Å². The molecular formula is C14H27IN6O. The molecular weight excluding hydrogens is 395 g/mol. The van der Waals surface area contributed by atoms with E-state index in [9.17, 15) is 0 Å². The Labute approximate surface area is 149 Å². The first-order valence-corrected chi connectivity index (χ1v) is 7.48. The minimum Gasteiger partial charge on any atom is -0.379 e. The Hall–Kier alpha value is -0.870. The molecule has 22 heavy (non-hydrogen) atoms. The molecule has 0 aliphatic carbocycles. The van der Waals surface area contributed by atoms with Gasteiger partial charge in [0, 0.05) is 37.9 Å². The van der Waals surface area contributed by atoms with Crippen molar-refractivity contribution in [3.8, 4) is 0 Å². The lowest BCUT2D eigenvalue weighted by Gasteiger charge is -2.26. The van der Waals surface area contributed by atoms with Crippen molar-refractivity contribution in [2.75, 3.05) is 39.4 Å². The molecule has 0 radical (unpaired) electrons. The van der Waals surface area contributed by atoms with Gasteiger partial charge >= 0.3 is 0 Å². The zero-order chi connectivity index (χ0) is 15.1. The zero-order valence-electron chi connectivity index (χ0n) is 13.4. The van der Waals surface area contributed by atoms with Crippen LogP contribution in [0.1, 0.15) is 17.7 Å². The summed E-state index contributed by atoms with van der Waals surface area (Å²) in [5, 5.41) is 7.35. The molecule has 126 valence electrons. The molecule has 7 nitrogen and oxygen atoms in total. The molecule has 1 aliphatic heterocycles. The van der Waals surface area contributed by atoms with Gasteiger partial charge in [-0.1, -0.05) is 0 Å². The highest BCUT2D eigenvalue weighted by molar-refractivity contribution is 14.0. The van der Waals surface area contributed by atoms with Crippen LogP contribution >= 0.6 is 24.0 Å². The zero-order valence-corrected chi connectivity index (χ0v) is 15.7. The first kappa shape index (κ1) is 19.2. The van der Waals surface area contributed by atoms with Crippen LogP contribution in [0.2, 0.25) is 0 Å². The van der Waals surface area contributed by atoms with E-state index in [1.165, 1.54) is 0 Å². The largest absolute Gasteiger partial charge is 0.379 e. The maximum absolute atomic E-state index is 5.88. The summed E-state index contributed by atoms with van der Waals surface area (Å²) in [4.78, 5) is 6.76. The van der Waals surface area contributed by atoms with Crippen LogP contribution in [0.15, 0.2) is 11.2 Å². The fourth-order valence-electron chi connectivity index (χ4n) is 2.27. The van der Waals surface area contributed by atoms with Gasteiger partial charge in [-0.2, -0.15) is 5.10 Å². The maximum atomic E-state index is 5.88. The average Bonchev–Trinajstić information content (AvgIpc) is 2.82. The van der Waals surface area contributed by atoms with Gasteiger partial charge in [0.1, 0.15) is 0 Å². The summed E-state index contributed by atoms with van der Waals surface area (Å²) in [5.41, 5.74) is 8.11. The third-order valence-electron chi connectivity index (χ3n) is 3.82. The molecule has 1 saturated heterocycles. The van der Waals surface area contributed by atoms with Crippen LogP contribution in [0, 0.1) is 6.92 Å². The van der Waals surface area contributed by atoms with Crippen molar-refractivity contribution in [2.24, 2.45) is 17.8 Å². The molecule has 1 fully saturated rings. The summed E-state index contributed by atoms with van der Waals surface area (Å²) in [7, 11) is 1.93. The summed E-state index contributed by atoms with van der Waals surface area (Å²) in [6.07, 6.45) is 2.90. The van der Waals surface area contributed by atoms with E-state index in [-0.39, 0.29) is 24.0 Å². The van der Waals surface area contributed by atoms with E-state index in [4.69, 9.17) is 10.5 Å². The van der Waals surface area contributed by atoms with Gasteiger partial charge in [-0.15, -0.1) is 24.0 Å². The molecule has 0 amide bonds. The first-order valence-electron chi connectivity index (χ1n) is 7.48. The number of hydrogen-bond donors (Lipinski definition) is 2. The monoisotopic (exact) mass is 422 g/mol. The third-order valence-corrected chi connectivity index (χ3v) is 3.82. The fourth-order valence-corrected chi connectivity index (χ4v) is 2.27. The predicted octanol–water partition coefficient (Wildman–Crippen LogP) is 0.473. The van der Waals surface area contributed by atoms with E-state index >= 15 is 0 Å². The predicted molar refractivity (Wildman–Crippen MR) is 98.6 cm³/mol. The number of nitrogens with zero attached hydrogens (tertiary/aromatic N) is 4. The van der Waals surface area contributed by atoms with Crippen molar-refractivity contribution >= 4 is 29.9 Å². The van der Waals surface area contributed by atoms with Gasteiger partial charge in [0.25, 0.3) is 0 Å². The highest BCUT2D eigenvalue weighted by Crippen LogP contribution is 2.06. The van der Waals surface area contributed by atoms with Gasteiger partial charge in [-0.25, -0.2) is 4.99 Å². The third kappa shape index (κ3) is 6.09. The van der Waals surface area contributed by atoms with Crippen LogP contribution in [-0.4, -0.2) is 60.0 Å². The average molecular weight is 422 g/mol. The minimum atomic E-state index is 0. The quantitative estimate of drug-likeness (QED) is 0.302. The van der Waals surface area contributed by atoms with Gasteiger partial charge in [0.15, 0.2) is 5.96 Å². The van der Waals surface area contributed by atoms with Crippen molar-refractivity contribution in [3.63, 3.8) is 0 Å². The highest BCUT2D eigenvalue weighted by atomic mass is 127. The number of morpholine rings is 1. The van der Waals surface area contributed by atoms with Gasteiger partial charge in [-0.05, 0) is 19.9 Å². The van der Waals surface area contributed by atoms with Crippen molar-refractivity contribution in [1.29, 1.82) is 0 Å². The van der Waals surface area contributed by atoms with Crippen molar-refractivity contribution < 1.29 is 4.74 Å². The molecule has 1 aromatic rings. The number of nitrogens with two attached hydrogens (primary N) is 1. The van der Waals surface area contributed by atoms with Gasteiger partial charge < -0.3 is 15.8 Å². The number of halogens is 1. The van der Waals surface area contributed by atoms with Gasteiger partial charge in [0.2, 0.25) is 0 Å². The second-order valence-corrected chi connectivity index (χ2v) is 5.31. The number of guanidine groups is 1. The molecule has 0 saturated carbocycles. The van der Waals surface area contributed by atoms with E-state index in [1.54, 1.807) is 0 Å². The summed E-state index contributed by atoms with van der Waals surface area (Å²) in [6, 6.07) is 0. The lowest BCUT2D eigenvalue weighted by molar-refractivity contribution is 0.0376. The standard InChI is InChI=1S/C14H26N6O.HI/c1-12-13(11-18-19(12)2)10-17-14(15)16-4-3-5-20-6-8-21-9-7-20;/h11H,3-10H2,1-2H3,(H3,15,16,17);1H. The molecule has 3 N–H and O–H groups in total. The normalized spacial score (nSPS) is 16.4. The van der Waals surface area contributed by atoms with Crippen molar-refractivity contribution in [2.45, 2.75) is 19.9 Å². The Morgan fingerprint density at radius 3 is 2.82 bits per heavy atom. The number of hydrogen-bond acceptors (Lipinski definition) is 4. The number of nitrogens with one attached hydrogen (secondary N) is 1. The van der Waals surface area contributed by atoms with Crippen LogP contribution in [0.4, 0.5) is 0 Å². The van der Waals surface area contributed by atoms with Crippen LogP contribution in [0.25, 0.3) is 0 Å². The van der Waals surface area contributed by atoms with Crippen molar-refractivity contribution in [1.82, 2.24) is 20.0 Å². The second-order valence-electron chi connectivity index (χ2n) is 5.31. The number of aryl methyl sites for hydroxylation is 1. The smallest absolute Gasteiger partial charge is 0.188 e. The Bertz CT molecular complexity index is 470. The SMILES string of the molecule is Cc1c(CN=C(N)NCCCN2CCOCC2)cnn1C.I. The molecule has 2 heterocycles. The number of rotatable bonds is 6. The molecule has 2 rings (SSSR count).